The van der Waals surface area contributed by atoms with Crippen molar-refractivity contribution in [3.63, 3.8) is 0 Å². The summed E-state index contributed by atoms with van der Waals surface area (Å²) in [5, 5.41) is 5.30. The van der Waals surface area contributed by atoms with Gasteiger partial charge in [0, 0.05) is 49.9 Å². The van der Waals surface area contributed by atoms with Crippen LogP contribution in [0, 0.1) is 5.82 Å². The molecule has 5 rings (SSSR count). The molecule has 0 spiro atoms. The van der Waals surface area contributed by atoms with Gasteiger partial charge in [-0.3, -0.25) is 4.90 Å². The molecule has 1 aliphatic rings. The first-order chi connectivity index (χ1) is 19.7. The number of ether oxygens (including phenoxy) is 1. The van der Waals surface area contributed by atoms with Crippen LogP contribution in [0.25, 0.3) is 22.4 Å². The molecule has 0 saturated carbocycles. The van der Waals surface area contributed by atoms with Crippen molar-refractivity contribution in [1.29, 1.82) is 0 Å². The van der Waals surface area contributed by atoms with E-state index in [4.69, 9.17) is 9.72 Å². The maximum atomic E-state index is 14.5. The molecule has 2 amide bonds. The number of urea groups is 1. The van der Waals surface area contributed by atoms with E-state index < -0.39 is 17.4 Å². The molecule has 0 atom stereocenters. The van der Waals surface area contributed by atoms with Crippen LogP contribution >= 0.6 is 0 Å². The molecule has 1 saturated heterocycles. The van der Waals surface area contributed by atoms with Crippen LogP contribution in [0.15, 0.2) is 60.7 Å². The standard InChI is InChI=1S/C32H39FN6O2/c1-5-22-8-6-9-23(20-22)30-34-27-10-7-11-28(29(27)36-30)39-16-14-38(15-17-39)18-19-41-24-12-13-26(25(33)21-24)35-31(40)37-32(2,3)4/h6-13,20-21H,5,14-19H2,1-4H3,(H,34,36)(H2,35,37,40). The van der Waals surface area contributed by atoms with Crippen LogP contribution in [-0.2, 0) is 6.42 Å². The quantitative estimate of drug-likeness (QED) is 0.245. The van der Waals surface area contributed by atoms with E-state index in [1.54, 1.807) is 6.07 Å². The maximum Gasteiger partial charge on any atom is 0.319 e. The summed E-state index contributed by atoms with van der Waals surface area (Å²) >= 11 is 0. The highest BCUT2D eigenvalue weighted by Gasteiger charge is 2.21. The Morgan fingerprint density at radius 3 is 2.56 bits per heavy atom. The SMILES string of the molecule is CCc1cccc(-c2nc3c(N4CCN(CCOc5ccc(NC(=O)NC(C)(C)C)c(F)c5)CC4)cccc3[nH]2)c1. The van der Waals surface area contributed by atoms with E-state index in [2.05, 4.69) is 74.8 Å². The molecule has 4 aromatic rings. The topological polar surface area (TPSA) is 85.5 Å². The lowest BCUT2D eigenvalue weighted by Gasteiger charge is -2.36. The third kappa shape index (κ3) is 7.16. The Morgan fingerprint density at radius 2 is 1.83 bits per heavy atom. The second-order valence-electron chi connectivity index (χ2n) is 11.5. The first kappa shape index (κ1) is 28.4. The summed E-state index contributed by atoms with van der Waals surface area (Å²) < 4.78 is 20.3. The molecular formula is C32H39FN6O2. The number of hydrogen-bond acceptors (Lipinski definition) is 5. The summed E-state index contributed by atoms with van der Waals surface area (Å²) in [6, 6.07) is 18.9. The molecule has 0 aliphatic carbocycles. The van der Waals surface area contributed by atoms with Gasteiger partial charge in [0.15, 0.2) is 0 Å². The highest BCUT2D eigenvalue weighted by molar-refractivity contribution is 5.91. The van der Waals surface area contributed by atoms with Gasteiger partial charge in [-0.1, -0.05) is 31.2 Å². The highest BCUT2D eigenvalue weighted by Crippen LogP contribution is 2.29. The van der Waals surface area contributed by atoms with Crippen molar-refractivity contribution in [3.8, 4) is 17.1 Å². The molecule has 1 aliphatic heterocycles. The molecule has 8 nitrogen and oxygen atoms in total. The summed E-state index contributed by atoms with van der Waals surface area (Å²) in [6.07, 6.45) is 0.993. The van der Waals surface area contributed by atoms with Crippen molar-refractivity contribution in [3.05, 3.63) is 72.0 Å². The van der Waals surface area contributed by atoms with Gasteiger partial charge in [-0.2, -0.15) is 0 Å². The number of piperazine rings is 1. The van der Waals surface area contributed by atoms with Crippen LogP contribution in [0.3, 0.4) is 0 Å². The fourth-order valence-corrected chi connectivity index (χ4v) is 5.03. The molecule has 0 radical (unpaired) electrons. The van der Waals surface area contributed by atoms with Crippen LogP contribution in [0.2, 0.25) is 0 Å². The Bertz CT molecular complexity index is 1500. The van der Waals surface area contributed by atoms with Gasteiger partial charge in [-0.15, -0.1) is 0 Å². The van der Waals surface area contributed by atoms with Gasteiger partial charge < -0.3 is 25.3 Å². The molecule has 2 heterocycles. The number of imidazole rings is 1. The van der Waals surface area contributed by atoms with Gasteiger partial charge >= 0.3 is 6.03 Å². The van der Waals surface area contributed by atoms with Gasteiger partial charge in [0.25, 0.3) is 0 Å². The average molecular weight is 559 g/mol. The Kier molecular flexibility index (Phi) is 8.44. The molecule has 0 unspecified atom stereocenters. The minimum Gasteiger partial charge on any atom is -0.492 e. The molecule has 216 valence electrons. The molecule has 0 bridgehead atoms. The highest BCUT2D eigenvalue weighted by atomic mass is 19.1. The number of rotatable bonds is 8. The fraction of sp³-hybridized carbons (Fsp3) is 0.375. The van der Waals surface area contributed by atoms with Gasteiger partial charge in [0.1, 0.15) is 29.5 Å². The van der Waals surface area contributed by atoms with Crippen LogP contribution in [0.1, 0.15) is 33.3 Å². The van der Waals surface area contributed by atoms with Gasteiger partial charge in [-0.25, -0.2) is 14.2 Å². The Morgan fingerprint density at radius 1 is 1.05 bits per heavy atom. The number of amides is 2. The molecule has 9 heteroatoms. The predicted molar refractivity (Wildman–Crippen MR) is 163 cm³/mol. The van der Waals surface area contributed by atoms with E-state index in [9.17, 15) is 9.18 Å². The average Bonchev–Trinajstić information content (AvgIpc) is 3.39. The zero-order valence-corrected chi connectivity index (χ0v) is 24.3. The van der Waals surface area contributed by atoms with E-state index in [0.717, 1.165) is 67.3 Å². The van der Waals surface area contributed by atoms with Gasteiger partial charge in [-0.05, 0) is 63.1 Å². The van der Waals surface area contributed by atoms with E-state index in [0.29, 0.717) is 12.4 Å². The number of nitrogens with one attached hydrogen (secondary N) is 3. The largest absolute Gasteiger partial charge is 0.492 e. The van der Waals surface area contributed by atoms with Crippen LogP contribution in [0.4, 0.5) is 20.6 Å². The number of anilines is 2. The second kappa shape index (κ2) is 12.2. The number of H-pyrrole nitrogens is 1. The number of aromatic nitrogens is 2. The maximum absolute atomic E-state index is 14.5. The number of carbonyl (C=O) groups is 1. The molecular weight excluding hydrogens is 519 g/mol. The minimum atomic E-state index is -0.533. The summed E-state index contributed by atoms with van der Waals surface area (Å²) in [7, 11) is 0. The number of aromatic amines is 1. The Labute approximate surface area is 240 Å². The van der Waals surface area contributed by atoms with Crippen LogP contribution in [-0.4, -0.2) is 65.8 Å². The Hall–Kier alpha value is -4.11. The van der Waals surface area contributed by atoms with Crippen molar-refractivity contribution >= 4 is 28.4 Å². The molecule has 3 aromatic carbocycles. The number of aryl methyl sites for hydroxylation is 1. The molecule has 41 heavy (non-hydrogen) atoms. The first-order valence-corrected chi connectivity index (χ1v) is 14.3. The summed E-state index contributed by atoms with van der Waals surface area (Å²) in [4.78, 5) is 25.3. The number of carbonyl (C=O) groups excluding carboxylic acids is 1. The summed E-state index contributed by atoms with van der Waals surface area (Å²) in [5.74, 6) is 0.800. The van der Waals surface area contributed by atoms with E-state index in [1.807, 2.05) is 20.8 Å². The Balaban J connectivity index is 1.13. The number of hydrogen-bond donors (Lipinski definition) is 3. The minimum absolute atomic E-state index is 0.115. The van der Waals surface area contributed by atoms with Crippen molar-refractivity contribution in [2.24, 2.45) is 0 Å². The normalized spacial score (nSPS) is 14.3. The van der Waals surface area contributed by atoms with Crippen molar-refractivity contribution in [1.82, 2.24) is 20.2 Å². The smallest absolute Gasteiger partial charge is 0.319 e. The van der Waals surface area contributed by atoms with Gasteiger partial charge in [0.2, 0.25) is 0 Å². The monoisotopic (exact) mass is 558 g/mol. The van der Waals surface area contributed by atoms with E-state index >= 15 is 0 Å². The first-order valence-electron chi connectivity index (χ1n) is 14.3. The summed E-state index contributed by atoms with van der Waals surface area (Å²) in [5.41, 5.74) is 5.29. The van der Waals surface area contributed by atoms with Gasteiger partial charge in [0.05, 0.1) is 16.9 Å². The van der Waals surface area contributed by atoms with Crippen molar-refractivity contribution in [2.75, 3.05) is 49.5 Å². The van der Waals surface area contributed by atoms with Crippen LogP contribution < -0.4 is 20.3 Å². The van der Waals surface area contributed by atoms with E-state index in [-0.39, 0.29) is 5.69 Å². The predicted octanol–water partition coefficient (Wildman–Crippen LogP) is 6.05. The molecule has 1 aromatic heterocycles. The number of fused-ring (bicyclic) bond motifs is 1. The third-order valence-corrected chi connectivity index (χ3v) is 7.17. The van der Waals surface area contributed by atoms with E-state index in [1.165, 1.54) is 17.7 Å². The lowest BCUT2D eigenvalue weighted by Crippen LogP contribution is -2.47. The number of halogens is 1. The third-order valence-electron chi connectivity index (χ3n) is 7.17. The number of nitrogens with zero attached hydrogens (tertiary/aromatic N) is 3. The van der Waals surface area contributed by atoms with Crippen molar-refractivity contribution in [2.45, 2.75) is 39.7 Å². The number of para-hydroxylation sites is 1. The lowest BCUT2D eigenvalue weighted by atomic mass is 10.1. The van der Waals surface area contributed by atoms with Crippen molar-refractivity contribution < 1.29 is 13.9 Å². The zero-order chi connectivity index (χ0) is 29.0. The molecule has 1 fully saturated rings. The summed E-state index contributed by atoms with van der Waals surface area (Å²) in [6.45, 7) is 12.5. The molecule has 3 N–H and O–H groups in total. The fourth-order valence-electron chi connectivity index (χ4n) is 5.03. The zero-order valence-electron chi connectivity index (χ0n) is 24.3. The lowest BCUT2D eigenvalue weighted by molar-refractivity contribution is 0.200. The van der Waals surface area contributed by atoms with Crippen LogP contribution in [0.5, 0.6) is 5.75 Å². The number of benzene rings is 3. The second-order valence-corrected chi connectivity index (χ2v) is 11.5.